The number of fused-ring (bicyclic) bond motifs is 1. The van der Waals surface area contributed by atoms with Gasteiger partial charge in [-0.25, -0.2) is 0 Å². The molecule has 0 atom stereocenters. The Morgan fingerprint density at radius 1 is 1.42 bits per heavy atom. The molecule has 1 aromatic heterocycles. The SMILES string of the molecule is C=CCOc1cc(C(=O)NCC2(CO)CCCC2)cc2sccc12. The Labute approximate surface area is 146 Å². The van der Waals surface area contributed by atoms with Gasteiger partial charge in [-0.05, 0) is 36.4 Å². The number of benzene rings is 1. The maximum absolute atomic E-state index is 12.6. The Kier molecular flexibility index (Phi) is 5.21. The van der Waals surface area contributed by atoms with Crippen molar-refractivity contribution >= 4 is 27.3 Å². The fourth-order valence-corrected chi connectivity index (χ4v) is 4.16. The number of amides is 1. The van der Waals surface area contributed by atoms with E-state index >= 15 is 0 Å². The van der Waals surface area contributed by atoms with Crippen molar-refractivity contribution in [1.29, 1.82) is 0 Å². The summed E-state index contributed by atoms with van der Waals surface area (Å²) in [5.41, 5.74) is 0.445. The molecule has 128 valence electrons. The summed E-state index contributed by atoms with van der Waals surface area (Å²) in [5.74, 6) is 0.588. The van der Waals surface area contributed by atoms with E-state index < -0.39 is 0 Å². The second-order valence-corrected chi connectivity index (χ2v) is 7.40. The summed E-state index contributed by atoms with van der Waals surface area (Å²) in [7, 11) is 0. The number of carbonyl (C=O) groups excluding carboxylic acids is 1. The van der Waals surface area contributed by atoms with Crippen LogP contribution in [0, 0.1) is 5.41 Å². The highest BCUT2D eigenvalue weighted by molar-refractivity contribution is 7.17. The Bertz CT molecular complexity index is 731. The molecule has 4 nitrogen and oxygen atoms in total. The fraction of sp³-hybridized carbons (Fsp3) is 0.421. The van der Waals surface area contributed by atoms with E-state index in [0.717, 1.165) is 35.8 Å². The van der Waals surface area contributed by atoms with Crippen LogP contribution >= 0.6 is 11.3 Å². The third-order valence-corrected chi connectivity index (χ3v) is 5.64. The summed E-state index contributed by atoms with van der Waals surface area (Å²) in [6, 6.07) is 5.68. The van der Waals surface area contributed by atoms with Crippen molar-refractivity contribution in [2.24, 2.45) is 5.41 Å². The summed E-state index contributed by atoms with van der Waals surface area (Å²) in [6.45, 7) is 4.72. The molecule has 24 heavy (non-hydrogen) atoms. The first kappa shape index (κ1) is 17.0. The fourth-order valence-electron chi connectivity index (χ4n) is 3.32. The molecule has 1 saturated carbocycles. The number of thiophene rings is 1. The van der Waals surface area contributed by atoms with Crippen molar-refractivity contribution in [3.63, 3.8) is 0 Å². The third kappa shape index (κ3) is 3.47. The number of aliphatic hydroxyl groups is 1. The predicted molar refractivity (Wildman–Crippen MR) is 97.8 cm³/mol. The number of hydrogen-bond acceptors (Lipinski definition) is 4. The van der Waals surface area contributed by atoms with Crippen molar-refractivity contribution in [2.45, 2.75) is 25.7 Å². The van der Waals surface area contributed by atoms with E-state index in [4.69, 9.17) is 4.74 Å². The van der Waals surface area contributed by atoms with Crippen LogP contribution in [0.2, 0.25) is 0 Å². The van der Waals surface area contributed by atoms with E-state index in [9.17, 15) is 9.90 Å². The Balaban J connectivity index is 1.77. The lowest BCUT2D eigenvalue weighted by Crippen LogP contribution is -2.38. The lowest BCUT2D eigenvalue weighted by Gasteiger charge is -2.26. The zero-order valence-corrected chi connectivity index (χ0v) is 14.5. The van der Waals surface area contributed by atoms with Gasteiger partial charge < -0.3 is 15.2 Å². The number of carbonyl (C=O) groups is 1. The molecule has 0 bridgehead atoms. The zero-order valence-electron chi connectivity index (χ0n) is 13.7. The number of nitrogens with one attached hydrogen (secondary N) is 1. The average molecular weight is 345 g/mol. The minimum Gasteiger partial charge on any atom is -0.489 e. The number of hydrogen-bond donors (Lipinski definition) is 2. The molecule has 3 rings (SSSR count). The molecule has 0 aliphatic heterocycles. The standard InChI is InChI=1S/C19H23NO3S/c1-2-8-23-16-10-14(11-17-15(16)5-9-24-17)18(22)20-12-19(13-21)6-3-4-7-19/h2,5,9-11,21H,1,3-4,6-8,12-13H2,(H,20,22). The Hall–Kier alpha value is -1.85. The first-order chi connectivity index (χ1) is 11.7. The Morgan fingerprint density at radius 3 is 2.92 bits per heavy atom. The Morgan fingerprint density at radius 2 is 2.21 bits per heavy atom. The molecule has 1 aromatic carbocycles. The van der Waals surface area contributed by atoms with Crippen molar-refractivity contribution in [3.8, 4) is 5.75 Å². The van der Waals surface area contributed by atoms with Crippen LogP contribution in [0.3, 0.4) is 0 Å². The molecule has 1 aliphatic carbocycles. The summed E-state index contributed by atoms with van der Waals surface area (Å²) in [4.78, 5) is 12.6. The molecule has 1 aliphatic rings. The van der Waals surface area contributed by atoms with E-state index in [-0.39, 0.29) is 17.9 Å². The molecule has 2 N–H and O–H groups in total. The van der Waals surface area contributed by atoms with Crippen molar-refractivity contribution in [3.05, 3.63) is 41.8 Å². The number of ether oxygens (including phenoxy) is 1. The van der Waals surface area contributed by atoms with Gasteiger partial charge in [0.2, 0.25) is 0 Å². The maximum Gasteiger partial charge on any atom is 0.251 e. The molecule has 0 radical (unpaired) electrons. The van der Waals surface area contributed by atoms with Gasteiger partial charge in [-0.3, -0.25) is 4.79 Å². The molecule has 1 amide bonds. The highest BCUT2D eigenvalue weighted by atomic mass is 32.1. The van der Waals surface area contributed by atoms with Gasteiger partial charge in [-0.1, -0.05) is 25.5 Å². The lowest BCUT2D eigenvalue weighted by molar-refractivity contribution is 0.0880. The molecular weight excluding hydrogens is 322 g/mol. The summed E-state index contributed by atoms with van der Waals surface area (Å²) < 4.78 is 6.73. The monoisotopic (exact) mass is 345 g/mol. The third-order valence-electron chi connectivity index (χ3n) is 4.78. The van der Waals surface area contributed by atoms with E-state index in [1.165, 1.54) is 0 Å². The molecule has 1 heterocycles. The van der Waals surface area contributed by atoms with Crippen molar-refractivity contribution < 1.29 is 14.6 Å². The lowest BCUT2D eigenvalue weighted by atomic mass is 9.87. The van der Waals surface area contributed by atoms with Crippen LogP contribution < -0.4 is 10.1 Å². The van der Waals surface area contributed by atoms with Crippen LogP contribution in [0.4, 0.5) is 0 Å². The van der Waals surface area contributed by atoms with Crippen molar-refractivity contribution in [2.75, 3.05) is 19.8 Å². The zero-order chi connectivity index (χ0) is 17.0. The average Bonchev–Trinajstić information content (AvgIpc) is 3.27. The quantitative estimate of drug-likeness (QED) is 0.752. The number of aliphatic hydroxyl groups excluding tert-OH is 1. The topological polar surface area (TPSA) is 58.6 Å². The van der Waals surface area contributed by atoms with Gasteiger partial charge in [-0.2, -0.15) is 0 Å². The smallest absolute Gasteiger partial charge is 0.251 e. The molecule has 1 fully saturated rings. The van der Waals surface area contributed by atoms with E-state index in [2.05, 4.69) is 11.9 Å². The van der Waals surface area contributed by atoms with Gasteiger partial charge >= 0.3 is 0 Å². The van der Waals surface area contributed by atoms with Crippen LogP contribution in [-0.2, 0) is 0 Å². The van der Waals surface area contributed by atoms with Gasteiger partial charge in [0.15, 0.2) is 0 Å². The normalized spacial score (nSPS) is 16.2. The van der Waals surface area contributed by atoms with Crippen LogP contribution in [0.25, 0.3) is 10.1 Å². The predicted octanol–water partition coefficient (Wildman–Crippen LogP) is 3.75. The molecule has 0 saturated heterocycles. The van der Waals surface area contributed by atoms with Crippen LogP contribution in [0.1, 0.15) is 36.0 Å². The van der Waals surface area contributed by atoms with E-state index in [0.29, 0.717) is 24.5 Å². The minimum atomic E-state index is -0.148. The van der Waals surface area contributed by atoms with Crippen LogP contribution in [-0.4, -0.2) is 30.8 Å². The molecule has 5 heteroatoms. The van der Waals surface area contributed by atoms with Gasteiger partial charge in [-0.15, -0.1) is 11.3 Å². The van der Waals surface area contributed by atoms with E-state index in [1.807, 2.05) is 17.5 Å². The summed E-state index contributed by atoms with van der Waals surface area (Å²) in [6.07, 6.45) is 5.88. The molecular formula is C19H23NO3S. The summed E-state index contributed by atoms with van der Waals surface area (Å²) >= 11 is 1.59. The highest BCUT2D eigenvalue weighted by Gasteiger charge is 2.33. The van der Waals surface area contributed by atoms with Gasteiger partial charge in [0.25, 0.3) is 5.91 Å². The van der Waals surface area contributed by atoms with E-state index in [1.54, 1.807) is 23.5 Å². The summed E-state index contributed by atoms with van der Waals surface area (Å²) in [5, 5.41) is 15.7. The largest absolute Gasteiger partial charge is 0.489 e. The van der Waals surface area contributed by atoms with Gasteiger partial charge in [0.1, 0.15) is 12.4 Å². The first-order valence-corrected chi connectivity index (χ1v) is 9.19. The number of rotatable bonds is 7. The first-order valence-electron chi connectivity index (χ1n) is 8.31. The second-order valence-electron chi connectivity index (χ2n) is 6.45. The maximum atomic E-state index is 12.6. The van der Waals surface area contributed by atoms with Crippen LogP contribution in [0.5, 0.6) is 5.75 Å². The van der Waals surface area contributed by atoms with Gasteiger partial charge in [0, 0.05) is 27.6 Å². The minimum absolute atomic E-state index is 0.117. The highest BCUT2D eigenvalue weighted by Crippen LogP contribution is 2.37. The molecule has 0 spiro atoms. The van der Waals surface area contributed by atoms with Crippen molar-refractivity contribution in [1.82, 2.24) is 5.32 Å². The van der Waals surface area contributed by atoms with Crippen LogP contribution in [0.15, 0.2) is 36.2 Å². The van der Waals surface area contributed by atoms with Gasteiger partial charge in [0.05, 0.1) is 6.61 Å². The molecule has 0 unspecified atom stereocenters. The molecule has 2 aromatic rings. The second kappa shape index (κ2) is 7.36.